The fraction of sp³-hybridized carbons (Fsp3) is 0.348. The molecule has 1 fully saturated rings. The Labute approximate surface area is 195 Å². The number of aromatic nitrogens is 3. The van der Waals surface area contributed by atoms with Crippen molar-refractivity contribution in [3.05, 3.63) is 65.7 Å². The Bertz CT molecular complexity index is 1110. The zero-order valence-electron chi connectivity index (χ0n) is 18.8. The maximum Gasteiger partial charge on any atom is 0.433 e. The van der Waals surface area contributed by atoms with Gasteiger partial charge in [0.1, 0.15) is 17.5 Å². The molecule has 11 heteroatoms. The maximum absolute atomic E-state index is 13.2. The number of rotatable bonds is 6. The summed E-state index contributed by atoms with van der Waals surface area (Å²) in [6.45, 7) is 3.26. The monoisotopic (exact) mass is 475 g/mol. The summed E-state index contributed by atoms with van der Waals surface area (Å²) in [5, 5.41) is 2.90. The number of piperazine rings is 1. The highest BCUT2D eigenvalue weighted by atomic mass is 19.4. The van der Waals surface area contributed by atoms with Gasteiger partial charge in [0, 0.05) is 64.8 Å². The minimum atomic E-state index is -4.57. The van der Waals surface area contributed by atoms with Crippen molar-refractivity contribution in [2.45, 2.75) is 12.7 Å². The van der Waals surface area contributed by atoms with Crippen molar-refractivity contribution in [1.82, 2.24) is 15.0 Å². The number of halogens is 4. The SMILES string of the molecule is CN(C)c1cc(C(F)(F)F)nc(NCc2ccnc(N3CCN(c4ccc(F)cc4)CC3)c2)n1. The van der Waals surface area contributed by atoms with Crippen molar-refractivity contribution in [3.63, 3.8) is 0 Å². The Balaban J connectivity index is 1.41. The lowest BCUT2D eigenvalue weighted by molar-refractivity contribution is -0.141. The standard InChI is InChI=1S/C23H25F4N7/c1-32(2)21-14-19(23(25,26)27)30-22(31-21)29-15-16-7-8-28-20(13-16)34-11-9-33(10-12-34)18-5-3-17(24)4-6-18/h3-8,13-14H,9-12,15H2,1-2H3,(H,29,30,31). The smallest absolute Gasteiger partial charge is 0.368 e. The topological polar surface area (TPSA) is 60.4 Å². The third-order valence-electron chi connectivity index (χ3n) is 5.52. The average molecular weight is 475 g/mol. The number of nitrogens with one attached hydrogen (secondary N) is 1. The van der Waals surface area contributed by atoms with Gasteiger partial charge in [0.2, 0.25) is 5.95 Å². The first-order valence-corrected chi connectivity index (χ1v) is 10.8. The lowest BCUT2D eigenvalue weighted by Gasteiger charge is -2.36. The van der Waals surface area contributed by atoms with E-state index in [0.29, 0.717) is 0 Å². The highest BCUT2D eigenvalue weighted by Crippen LogP contribution is 2.30. The molecule has 3 heterocycles. The van der Waals surface area contributed by atoms with Crippen LogP contribution in [0.4, 0.5) is 40.8 Å². The molecule has 0 spiro atoms. The van der Waals surface area contributed by atoms with Gasteiger partial charge in [-0.15, -0.1) is 0 Å². The average Bonchev–Trinajstić information content (AvgIpc) is 2.83. The maximum atomic E-state index is 13.2. The Kier molecular flexibility index (Phi) is 6.71. The third-order valence-corrected chi connectivity index (χ3v) is 5.52. The second-order valence-corrected chi connectivity index (χ2v) is 8.15. The number of pyridine rings is 1. The molecule has 1 aliphatic rings. The van der Waals surface area contributed by atoms with E-state index in [1.165, 1.54) is 17.0 Å². The molecule has 2 aromatic heterocycles. The Hall–Kier alpha value is -3.63. The molecule has 0 saturated carbocycles. The van der Waals surface area contributed by atoms with Crippen LogP contribution in [0.1, 0.15) is 11.3 Å². The van der Waals surface area contributed by atoms with Crippen LogP contribution in [0.2, 0.25) is 0 Å². The highest BCUT2D eigenvalue weighted by molar-refractivity contribution is 5.50. The fourth-order valence-corrected chi connectivity index (χ4v) is 3.66. The van der Waals surface area contributed by atoms with Gasteiger partial charge in [0.05, 0.1) is 0 Å². The molecule has 3 aromatic rings. The molecule has 0 amide bonds. The fourth-order valence-electron chi connectivity index (χ4n) is 3.66. The van der Waals surface area contributed by atoms with Gasteiger partial charge in [-0.1, -0.05) is 0 Å². The number of benzene rings is 1. The molecule has 0 aliphatic carbocycles. The quantitative estimate of drug-likeness (QED) is 0.540. The number of hydrogen-bond donors (Lipinski definition) is 1. The largest absolute Gasteiger partial charge is 0.433 e. The Morgan fingerprint density at radius 2 is 1.62 bits per heavy atom. The Morgan fingerprint density at radius 3 is 2.26 bits per heavy atom. The van der Waals surface area contributed by atoms with Crippen molar-refractivity contribution in [2.75, 3.05) is 60.3 Å². The van der Waals surface area contributed by atoms with Crippen LogP contribution in [0, 0.1) is 5.82 Å². The number of alkyl halides is 3. The van der Waals surface area contributed by atoms with Crippen molar-refractivity contribution >= 4 is 23.3 Å². The summed E-state index contributed by atoms with van der Waals surface area (Å²) < 4.78 is 52.8. The van der Waals surface area contributed by atoms with Crippen molar-refractivity contribution < 1.29 is 17.6 Å². The second-order valence-electron chi connectivity index (χ2n) is 8.15. The van der Waals surface area contributed by atoms with Gasteiger partial charge in [0.15, 0.2) is 5.69 Å². The van der Waals surface area contributed by atoms with E-state index in [0.717, 1.165) is 49.3 Å². The zero-order chi connectivity index (χ0) is 24.3. The summed E-state index contributed by atoms with van der Waals surface area (Å²) >= 11 is 0. The molecule has 0 bridgehead atoms. The molecule has 34 heavy (non-hydrogen) atoms. The van der Waals surface area contributed by atoms with Gasteiger partial charge in [-0.3, -0.25) is 0 Å². The highest BCUT2D eigenvalue weighted by Gasteiger charge is 2.34. The number of hydrogen-bond acceptors (Lipinski definition) is 7. The van der Waals surface area contributed by atoms with Gasteiger partial charge in [-0.25, -0.2) is 14.4 Å². The minimum absolute atomic E-state index is 0.0928. The molecular formula is C23H25F4N7. The molecule has 1 saturated heterocycles. The normalized spacial score (nSPS) is 14.3. The summed E-state index contributed by atoms with van der Waals surface area (Å²) in [6.07, 6.45) is -2.89. The van der Waals surface area contributed by atoms with Crippen molar-refractivity contribution in [1.29, 1.82) is 0 Å². The van der Waals surface area contributed by atoms with Gasteiger partial charge in [0.25, 0.3) is 0 Å². The van der Waals surface area contributed by atoms with Gasteiger partial charge in [-0.2, -0.15) is 18.2 Å². The molecular weight excluding hydrogens is 450 g/mol. The molecule has 1 aromatic carbocycles. The van der Waals surface area contributed by atoms with E-state index in [-0.39, 0.29) is 24.1 Å². The van der Waals surface area contributed by atoms with Gasteiger partial charge in [-0.05, 0) is 42.0 Å². The van der Waals surface area contributed by atoms with Crippen LogP contribution < -0.4 is 20.0 Å². The first-order chi connectivity index (χ1) is 16.2. The van der Waals surface area contributed by atoms with E-state index in [9.17, 15) is 17.6 Å². The van der Waals surface area contributed by atoms with E-state index in [4.69, 9.17) is 0 Å². The first-order valence-electron chi connectivity index (χ1n) is 10.8. The van der Waals surface area contributed by atoms with Gasteiger partial charge < -0.3 is 20.0 Å². The van der Waals surface area contributed by atoms with E-state index in [2.05, 4.69) is 30.1 Å². The molecule has 0 unspecified atom stereocenters. The molecule has 180 valence electrons. The van der Waals surface area contributed by atoms with Crippen LogP contribution in [0.5, 0.6) is 0 Å². The lowest BCUT2D eigenvalue weighted by Crippen LogP contribution is -2.46. The van der Waals surface area contributed by atoms with Crippen molar-refractivity contribution in [3.8, 4) is 0 Å². The van der Waals surface area contributed by atoms with Crippen LogP contribution in [-0.4, -0.2) is 55.2 Å². The Morgan fingerprint density at radius 1 is 0.941 bits per heavy atom. The van der Waals surface area contributed by atoms with Crippen LogP contribution in [0.15, 0.2) is 48.7 Å². The van der Waals surface area contributed by atoms with Crippen LogP contribution in [-0.2, 0) is 12.7 Å². The molecule has 7 nitrogen and oxygen atoms in total. The predicted molar refractivity (Wildman–Crippen MR) is 124 cm³/mol. The third kappa shape index (κ3) is 5.64. The van der Waals surface area contributed by atoms with E-state index < -0.39 is 11.9 Å². The summed E-state index contributed by atoms with van der Waals surface area (Å²) in [7, 11) is 3.24. The summed E-state index contributed by atoms with van der Waals surface area (Å²) in [5.74, 6) is 0.603. The zero-order valence-corrected chi connectivity index (χ0v) is 18.8. The van der Waals surface area contributed by atoms with Gasteiger partial charge >= 0.3 is 6.18 Å². The molecule has 1 N–H and O–H groups in total. The lowest BCUT2D eigenvalue weighted by atomic mass is 10.2. The molecule has 0 radical (unpaired) electrons. The van der Waals surface area contributed by atoms with Crippen LogP contribution in [0.3, 0.4) is 0 Å². The molecule has 4 rings (SSSR count). The van der Waals surface area contributed by atoms with Crippen molar-refractivity contribution in [2.24, 2.45) is 0 Å². The summed E-state index contributed by atoms with van der Waals surface area (Å²) in [4.78, 5) is 18.1. The summed E-state index contributed by atoms with van der Waals surface area (Å²) in [6, 6.07) is 11.1. The summed E-state index contributed by atoms with van der Waals surface area (Å²) in [5.41, 5.74) is 0.826. The van der Waals surface area contributed by atoms with E-state index in [1.807, 2.05) is 6.07 Å². The van der Waals surface area contributed by atoms with E-state index in [1.54, 1.807) is 38.5 Å². The van der Waals surface area contributed by atoms with E-state index >= 15 is 0 Å². The minimum Gasteiger partial charge on any atom is -0.368 e. The van der Waals surface area contributed by atoms with Crippen LogP contribution in [0.25, 0.3) is 0 Å². The molecule has 1 aliphatic heterocycles. The number of anilines is 4. The first kappa shape index (κ1) is 23.5. The molecule has 0 atom stereocenters. The van der Waals surface area contributed by atoms with Crippen LogP contribution >= 0.6 is 0 Å². The number of nitrogens with zero attached hydrogens (tertiary/aromatic N) is 6. The second kappa shape index (κ2) is 9.70. The predicted octanol–water partition coefficient (Wildman–Crippen LogP) is 4.03.